The molecular weight excluding hydrogens is 226 g/mol. The normalized spacial score (nSPS) is 10.6. The Morgan fingerprint density at radius 2 is 2.22 bits per heavy atom. The number of nitrogens with two attached hydrogens (primary N) is 1. The number of aromatic nitrogens is 3. The summed E-state index contributed by atoms with van der Waals surface area (Å²) in [7, 11) is 2.02. The molecule has 2 aromatic heterocycles. The van der Waals surface area contributed by atoms with Crippen molar-refractivity contribution in [1.29, 1.82) is 0 Å². The molecule has 0 amide bonds. The quantitative estimate of drug-likeness (QED) is 0.892. The molecule has 0 aliphatic carbocycles. The molecule has 0 aromatic carbocycles. The number of nitrogen functional groups attached to an aromatic ring is 1. The van der Waals surface area contributed by atoms with Crippen LogP contribution in [0.15, 0.2) is 24.5 Å². The summed E-state index contributed by atoms with van der Waals surface area (Å²) in [6.07, 6.45) is 3.64. The minimum Gasteiger partial charge on any atom is -0.394 e. The van der Waals surface area contributed by atoms with Crippen LogP contribution in [0.25, 0.3) is 0 Å². The molecule has 0 atom stereocenters. The van der Waals surface area contributed by atoms with Crippen molar-refractivity contribution in [3.8, 4) is 0 Å². The summed E-state index contributed by atoms with van der Waals surface area (Å²) in [5.74, 6) is 0.971. The lowest BCUT2D eigenvalue weighted by Crippen LogP contribution is -2.21. The Morgan fingerprint density at radius 3 is 2.83 bits per heavy atom. The molecule has 2 aromatic rings. The molecule has 2 rings (SSSR count). The molecule has 0 fully saturated rings. The Morgan fingerprint density at radius 1 is 1.44 bits per heavy atom. The van der Waals surface area contributed by atoms with Crippen LogP contribution in [-0.2, 0) is 13.1 Å². The molecule has 5 nitrogen and oxygen atoms in total. The van der Waals surface area contributed by atoms with Gasteiger partial charge in [0.05, 0.1) is 11.4 Å². The molecule has 96 valence electrons. The van der Waals surface area contributed by atoms with E-state index in [4.69, 9.17) is 5.73 Å². The topological polar surface area (TPSA) is 60.0 Å². The van der Waals surface area contributed by atoms with Gasteiger partial charge in [-0.25, -0.2) is 4.68 Å². The van der Waals surface area contributed by atoms with Crippen molar-refractivity contribution in [3.05, 3.63) is 35.8 Å². The van der Waals surface area contributed by atoms with Gasteiger partial charge in [0, 0.05) is 32.5 Å². The smallest absolute Gasteiger partial charge is 0.150 e. The average Bonchev–Trinajstić information content (AvgIpc) is 2.66. The fourth-order valence-electron chi connectivity index (χ4n) is 2.05. The summed E-state index contributed by atoms with van der Waals surface area (Å²) < 4.78 is 1.93. The Kier molecular flexibility index (Phi) is 3.50. The molecule has 2 N–H and O–H groups in total. The minimum atomic E-state index is 0.753. The van der Waals surface area contributed by atoms with Crippen molar-refractivity contribution < 1.29 is 0 Å². The van der Waals surface area contributed by atoms with Crippen molar-refractivity contribution in [1.82, 2.24) is 14.8 Å². The van der Waals surface area contributed by atoms with Gasteiger partial charge in [-0.3, -0.25) is 4.98 Å². The highest BCUT2D eigenvalue weighted by atomic mass is 15.4. The van der Waals surface area contributed by atoms with Crippen molar-refractivity contribution in [2.24, 2.45) is 0 Å². The summed E-state index contributed by atoms with van der Waals surface area (Å²) >= 11 is 0. The van der Waals surface area contributed by atoms with Crippen LogP contribution >= 0.6 is 0 Å². The van der Waals surface area contributed by atoms with E-state index in [2.05, 4.69) is 28.0 Å². The van der Waals surface area contributed by atoms with Gasteiger partial charge in [-0.1, -0.05) is 6.07 Å². The maximum Gasteiger partial charge on any atom is 0.150 e. The SMILES string of the molecule is CCn1nc(C)c(N)c1N(C)Cc1cccnc1. The van der Waals surface area contributed by atoms with E-state index in [1.165, 1.54) is 0 Å². The van der Waals surface area contributed by atoms with E-state index in [9.17, 15) is 0 Å². The second kappa shape index (κ2) is 5.08. The van der Waals surface area contributed by atoms with Gasteiger partial charge in [0.25, 0.3) is 0 Å². The maximum absolute atomic E-state index is 6.09. The van der Waals surface area contributed by atoms with Gasteiger partial charge in [0.15, 0.2) is 5.82 Å². The lowest BCUT2D eigenvalue weighted by atomic mass is 10.2. The van der Waals surface area contributed by atoms with Crippen LogP contribution in [0.5, 0.6) is 0 Å². The molecule has 0 aliphatic heterocycles. The first-order valence-corrected chi connectivity index (χ1v) is 6.06. The van der Waals surface area contributed by atoms with Crippen molar-refractivity contribution in [3.63, 3.8) is 0 Å². The molecule has 2 heterocycles. The molecule has 5 heteroatoms. The van der Waals surface area contributed by atoms with Crippen LogP contribution in [0.3, 0.4) is 0 Å². The van der Waals surface area contributed by atoms with Crippen LogP contribution < -0.4 is 10.6 Å². The van der Waals surface area contributed by atoms with Crippen molar-refractivity contribution >= 4 is 11.5 Å². The third-order valence-corrected chi connectivity index (χ3v) is 2.95. The maximum atomic E-state index is 6.09. The zero-order valence-corrected chi connectivity index (χ0v) is 11.1. The Bertz CT molecular complexity index is 518. The third-order valence-electron chi connectivity index (χ3n) is 2.95. The summed E-state index contributed by atoms with van der Waals surface area (Å²) in [4.78, 5) is 6.23. The number of aryl methyl sites for hydroxylation is 2. The fourth-order valence-corrected chi connectivity index (χ4v) is 2.05. The lowest BCUT2D eigenvalue weighted by Gasteiger charge is -2.20. The molecule has 0 saturated carbocycles. The molecule has 0 saturated heterocycles. The van der Waals surface area contributed by atoms with Gasteiger partial charge in [-0.05, 0) is 25.5 Å². The number of rotatable bonds is 4. The van der Waals surface area contributed by atoms with Crippen LogP contribution in [0.2, 0.25) is 0 Å². The van der Waals surface area contributed by atoms with Gasteiger partial charge in [-0.2, -0.15) is 5.10 Å². The molecular formula is C13H19N5. The monoisotopic (exact) mass is 245 g/mol. The number of hydrogen-bond acceptors (Lipinski definition) is 4. The van der Waals surface area contributed by atoms with Gasteiger partial charge < -0.3 is 10.6 Å². The zero-order valence-electron chi connectivity index (χ0n) is 11.1. The van der Waals surface area contributed by atoms with E-state index in [1.807, 2.05) is 30.9 Å². The van der Waals surface area contributed by atoms with Crippen molar-refractivity contribution in [2.75, 3.05) is 17.7 Å². The molecule has 0 unspecified atom stereocenters. The molecule has 0 bridgehead atoms. The predicted octanol–water partition coefficient (Wildman–Crippen LogP) is 1.83. The Balaban J connectivity index is 2.26. The number of anilines is 2. The van der Waals surface area contributed by atoms with E-state index in [-0.39, 0.29) is 0 Å². The van der Waals surface area contributed by atoms with Gasteiger partial charge >= 0.3 is 0 Å². The highest BCUT2D eigenvalue weighted by Gasteiger charge is 2.15. The van der Waals surface area contributed by atoms with E-state index < -0.39 is 0 Å². The molecule has 0 radical (unpaired) electrons. The van der Waals surface area contributed by atoms with E-state index in [0.717, 1.165) is 35.9 Å². The van der Waals surface area contributed by atoms with Gasteiger partial charge in [0.2, 0.25) is 0 Å². The van der Waals surface area contributed by atoms with Crippen LogP contribution in [0.1, 0.15) is 18.2 Å². The Hall–Kier alpha value is -2.04. The minimum absolute atomic E-state index is 0.753. The first-order valence-electron chi connectivity index (χ1n) is 6.06. The van der Waals surface area contributed by atoms with E-state index in [1.54, 1.807) is 6.20 Å². The van der Waals surface area contributed by atoms with Crippen LogP contribution in [0, 0.1) is 6.92 Å². The van der Waals surface area contributed by atoms with Crippen molar-refractivity contribution in [2.45, 2.75) is 26.9 Å². The summed E-state index contributed by atoms with van der Waals surface area (Å²) in [5, 5.41) is 4.43. The molecule has 0 aliphatic rings. The van der Waals surface area contributed by atoms with Crippen LogP contribution in [0.4, 0.5) is 11.5 Å². The number of pyridine rings is 1. The zero-order chi connectivity index (χ0) is 13.1. The number of hydrogen-bond donors (Lipinski definition) is 1. The Labute approximate surface area is 107 Å². The third kappa shape index (κ3) is 2.30. The molecule has 0 spiro atoms. The summed E-state index contributed by atoms with van der Waals surface area (Å²) in [6, 6.07) is 3.99. The van der Waals surface area contributed by atoms with E-state index in [0.29, 0.717) is 0 Å². The second-order valence-corrected chi connectivity index (χ2v) is 4.36. The van der Waals surface area contributed by atoms with E-state index >= 15 is 0 Å². The van der Waals surface area contributed by atoms with Gasteiger partial charge in [-0.15, -0.1) is 0 Å². The highest BCUT2D eigenvalue weighted by Crippen LogP contribution is 2.26. The summed E-state index contributed by atoms with van der Waals surface area (Å²) in [6.45, 7) is 5.57. The summed E-state index contributed by atoms with van der Waals surface area (Å²) in [5.41, 5.74) is 8.88. The molecule has 18 heavy (non-hydrogen) atoms. The standard InChI is InChI=1S/C13H19N5/c1-4-18-13(12(14)10(2)16-18)17(3)9-11-6-5-7-15-8-11/h5-8H,4,9,14H2,1-3H3. The highest BCUT2D eigenvalue weighted by molar-refractivity contribution is 5.65. The lowest BCUT2D eigenvalue weighted by molar-refractivity contribution is 0.640. The fraction of sp³-hybridized carbons (Fsp3) is 0.385. The first-order chi connectivity index (χ1) is 8.63. The second-order valence-electron chi connectivity index (χ2n) is 4.36. The van der Waals surface area contributed by atoms with Crippen LogP contribution in [-0.4, -0.2) is 21.8 Å². The predicted molar refractivity (Wildman–Crippen MR) is 73.4 cm³/mol. The van der Waals surface area contributed by atoms with Gasteiger partial charge in [0.1, 0.15) is 0 Å². The average molecular weight is 245 g/mol. The largest absolute Gasteiger partial charge is 0.394 e. The first kappa shape index (κ1) is 12.4. The number of nitrogens with zero attached hydrogens (tertiary/aromatic N) is 4.